The van der Waals surface area contributed by atoms with Gasteiger partial charge in [0.15, 0.2) is 0 Å². The summed E-state index contributed by atoms with van der Waals surface area (Å²) in [5.41, 5.74) is 7.95. The summed E-state index contributed by atoms with van der Waals surface area (Å²) >= 11 is 0. The highest BCUT2D eigenvalue weighted by Gasteiger charge is 2.48. The summed E-state index contributed by atoms with van der Waals surface area (Å²) < 4.78 is 2.49. The van der Waals surface area contributed by atoms with Crippen molar-refractivity contribution in [3.05, 3.63) is 70.9 Å². The van der Waals surface area contributed by atoms with E-state index in [9.17, 15) is 0 Å². The van der Waals surface area contributed by atoms with Crippen molar-refractivity contribution in [2.45, 2.75) is 50.4 Å². The van der Waals surface area contributed by atoms with Crippen LogP contribution in [0, 0.1) is 6.92 Å². The van der Waals surface area contributed by atoms with E-state index in [0.29, 0.717) is 11.3 Å². The summed E-state index contributed by atoms with van der Waals surface area (Å²) in [6.07, 6.45) is 6.83. The molecule has 0 N–H and O–H groups in total. The molecule has 2 aromatic carbocycles. The summed E-state index contributed by atoms with van der Waals surface area (Å²) in [5, 5.41) is 1.51. The van der Waals surface area contributed by atoms with Crippen molar-refractivity contribution in [3.8, 4) is 0 Å². The van der Waals surface area contributed by atoms with Gasteiger partial charge in [0.1, 0.15) is 0 Å². The minimum atomic E-state index is 0.422. The van der Waals surface area contributed by atoms with Crippen LogP contribution in [0.4, 0.5) is 0 Å². The number of rotatable bonds is 1. The van der Waals surface area contributed by atoms with Crippen molar-refractivity contribution < 1.29 is 0 Å². The van der Waals surface area contributed by atoms with Crippen LogP contribution in [0.15, 0.2) is 48.5 Å². The number of para-hydroxylation sites is 1. The minimum Gasteiger partial charge on any atom is -0.347 e. The molecule has 1 nitrogen and oxygen atoms in total. The van der Waals surface area contributed by atoms with E-state index in [1.165, 1.54) is 54.1 Å². The van der Waals surface area contributed by atoms with Gasteiger partial charge < -0.3 is 4.57 Å². The van der Waals surface area contributed by atoms with Crippen LogP contribution in [-0.4, -0.2) is 4.57 Å². The second-order valence-electron chi connectivity index (χ2n) is 7.99. The van der Waals surface area contributed by atoms with Crippen LogP contribution in [0.3, 0.4) is 0 Å². The molecule has 1 aromatic heterocycles. The van der Waals surface area contributed by atoms with Gasteiger partial charge in [0.2, 0.25) is 0 Å². The number of nitrogens with zero attached hydrogens (tertiary/aromatic N) is 1. The summed E-state index contributed by atoms with van der Waals surface area (Å²) in [7, 11) is 2.27. The van der Waals surface area contributed by atoms with Gasteiger partial charge in [-0.1, -0.05) is 60.9 Å². The van der Waals surface area contributed by atoms with E-state index >= 15 is 0 Å². The molecule has 0 saturated heterocycles. The van der Waals surface area contributed by atoms with E-state index in [0.717, 1.165) is 0 Å². The predicted molar refractivity (Wildman–Crippen MR) is 101 cm³/mol. The lowest BCUT2D eigenvalue weighted by molar-refractivity contribution is 0.425. The molecule has 0 radical (unpaired) electrons. The highest BCUT2D eigenvalue weighted by atomic mass is 15.0. The number of aromatic nitrogens is 1. The monoisotopic (exact) mass is 315 g/mol. The van der Waals surface area contributed by atoms with Crippen molar-refractivity contribution >= 4 is 10.9 Å². The normalized spacial score (nSPS) is 21.7. The number of hydrogen-bond acceptors (Lipinski definition) is 0. The van der Waals surface area contributed by atoms with Crippen molar-refractivity contribution in [1.29, 1.82) is 0 Å². The summed E-state index contributed by atoms with van der Waals surface area (Å²) in [6, 6.07) is 18.3. The predicted octanol–water partition coefficient (Wildman–Crippen LogP) is 5.83. The highest BCUT2D eigenvalue weighted by Crippen LogP contribution is 2.58. The molecule has 1 heterocycles. The molecule has 2 aliphatic carbocycles. The van der Waals surface area contributed by atoms with E-state index in [1.54, 1.807) is 11.3 Å². The maximum Gasteiger partial charge on any atom is 0.0483 e. The molecule has 1 atom stereocenters. The lowest BCUT2D eigenvalue weighted by atomic mass is 9.78. The summed E-state index contributed by atoms with van der Waals surface area (Å²) in [4.78, 5) is 0. The maximum atomic E-state index is 2.49. The van der Waals surface area contributed by atoms with Gasteiger partial charge in [-0.05, 0) is 48.8 Å². The van der Waals surface area contributed by atoms with Crippen LogP contribution in [0.1, 0.15) is 60.4 Å². The Morgan fingerprint density at radius 1 is 0.958 bits per heavy atom. The van der Waals surface area contributed by atoms with Crippen LogP contribution in [0.5, 0.6) is 0 Å². The number of benzene rings is 2. The fourth-order valence-electron chi connectivity index (χ4n) is 5.55. The molecule has 3 aromatic rings. The van der Waals surface area contributed by atoms with Crippen LogP contribution in [0.2, 0.25) is 0 Å². The first-order valence-corrected chi connectivity index (χ1v) is 9.34. The Balaban J connectivity index is 1.78. The second kappa shape index (κ2) is 4.99. The van der Waals surface area contributed by atoms with Crippen molar-refractivity contribution in [3.63, 3.8) is 0 Å². The van der Waals surface area contributed by atoms with Crippen LogP contribution >= 0.6 is 0 Å². The van der Waals surface area contributed by atoms with Crippen LogP contribution in [0.25, 0.3) is 10.9 Å². The highest BCUT2D eigenvalue weighted by molar-refractivity contribution is 5.88. The Kier molecular flexibility index (Phi) is 2.98. The molecule has 5 rings (SSSR count). The molecule has 1 spiro atoms. The van der Waals surface area contributed by atoms with Gasteiger partial charge >= 0.3 is 0 Å². The van der Waals surface area contributed by atoms with E-state index in [2.05, 4.69) is 67.1 Å². The third-order valence-corrected chi connectivity index (χ3v) is 6.65. The lowest BCUT2D eigenvalue weighted by Crippen LogP contribution is -2.18. The van der Waals surface area contributed by atoms with Gasteiger partial charge in [-0.15, -0.1) is 0 Å². The third-order valence-electron chi connectivity index (χ3n) is 6.65. The topological polar surface area (TPSA) is 4.93 Å². The molecule has 122 valence electrons. The molecule has 24 heavy (non-hydrogen) atoms. The third kappa shape index (κ3) is 1.81. The molecule has 0 aliphatic heterocycles. The molecule has 1 fully saturated rings. The summed E-state index contributed by atoms with van der Waals surface area (Å²) in [6.45, 7) is 2.18. The van der Waals surface area contributed by atoms with E-state index < -0.39 is 0 Å². The zero-order valence-electron chi connectivity index (χ0n) is 14.7. The number of fused-ring (bicyclic) bond motifs is 4. The van der Waals surface area contributed by atoms with Gasteiger partial charge in [-0.2, -0.15) is 0 Å². The largest absolute Gasteiger partial charge is 0.347 e. The van der Waals surface area contributed by atoms with Crippen LogP contribution < -0.4 is 0 Å². The zero-order chi connectivity index (χ0) is 16.3. The lowest BCUT2D eigenvalue weighted by Gasteiger charge is -2.25. The Labute approximate surface area is 144 Å². The maximum absolute atomic E-state index is 2.49. The van der Waals surface area contributed by atoms with Gasteiger partial charge in [-0.25, -0.2) is 0 Å². The first kappa shape index (κ1) is 14.3. The van der Waals surface area contributed by atoms with Crippen molar-refractivity contribution in [1.82, 2.24) is 4.57 Å². The van der Waals surface area contributed by atoms with Gasteiger partial charge in [0, 0.05) is 29.6 Å². The average Bonchev–Trinajstić information content (AvgIpc) is 3.27. The first-order chi connectivity index (χ1) is 11.7. The Hall–Kier alpha value is -2.02. The van der Waals surface area contributed by atoms with E-state index in [1.807, 2.05) is 0 Å². The van der Waals surface area contributed by atoms with Gasteiger partial charge in [-0.3, -0.25) is 0 Å². The standard InChI is InChI=1S/C23H25N/c1-16-9-11-17(12-10-16)19-15-23(13-5-6-14-23)21-18-7-3-4-8-20(18)24(2)22(19)21/h3-4,7-12,19H,5-6,13-15H2,1-2H3. The Bertz CT molecular complexity index is 907. The molecule has 0 amide bonds. The quantitative estimate of drug-likeness (QED) is 0.532. The fraction of sp³-hybridized carbons (Fsp3) is 0.391. The van der Waals surface area contributed by atoms with Crippen molar-refractivity contribution in [2.24, 2.45) is 7.05 Å². The molecular weight excluding hydrogens is 290 g/mol. The second-order valence-corrected chi connectivity index (χ2v) is 7.99. The Morgan fingerprint density at radius 3 is 2.42 bits per heavy atom. The number of hydrogen-bond donors (Lipinski definition) is 0. The number of aryl methyl sites for hydroxylation is 2. The Morgan fingerprint density at radius 2 is 1.67 bits per heavy atom. The molecule has 0 bridgehead atoms. The van der Waals surface area contributed by atoms with E-state index in [-0.39, 0.29) is 0 Å². The summed E-state index contributed by atoms with van der Waals surface area (Å²) in [5.74, 6) is 0.552. The molecule has 1 unspecified atom stereocenters. The van der Waals surface area contributed by atoms with Gasteiger partial charge in [0.05, 0.1) is 0 Å². The van der Waals surface area contributed by atoms with E-state index in [4.69, 9.17) is 0 Å². The van der Waals surface area contributed by atoms with Crippen molar-refractivity contribution in [2.75, 3.05) is 0 Å². The van der Waals surface area contributed by atoms with Gasteiger partial charge in [0.25, 0.3) is 0 Å². The first-order valence-electron chi connectivity index (χ1n) is 9.34. The molecular formula is C23H25N. The minimum absolute atomic E-state index is 0.422. The SMILES string of the molecule is Cc1ccc(C2CC3(CCCC3)c3c2n(C)c2ccccc32)cc1. The van der Waals surface area contributed by atoms with Crippen LogP contribution in [-0.2, 0) is 12.5 Å². The average molecular weight is 315 g/mol. The fourth-order valence-corrected chi connectivity index (χ4v) is 5.55. The zero-order valence-corrected chi connectivity index (χ0v) is 14.7. The molecule has 1 heteroatoms. The smallest absolute Gasteiger partial charge is 0.0483 e. The molecule has 1 saturated carbocycles. The molecule has 2 aliphatic rings.